The average molecular weight is 333 g/mol. The molecule has 0 radical (unpaired) electrons. The highest BCUT2D eigenvalue weighted by Crippen LogP contribution is 2.39. The van der Waals surface area contributed by atoms with E-state index in [9.17, 15) is 4.39 Å². The van der Waals surface area contributed by atoms with Crippen LogP contribution in [-0.2, 0) is 6.54 Å². The van der Waals surface area contributed by atoms with Crippen LogP contribution < -0.4 is 0 Å². The minimum atomic E-state index is -0.308. The predicted octanol–water partition coefficient (Wildman–Crippen LogP) is 4.37. The molecule has 18 heavy (non-hydrogen) atoms. The normalized spacial score (nSPS) is 31.8. The van der Waals surface area contributed by atoms with E-state index in [1.54, 1.807) is 12.1 Å². The zero-order chi connectivity index (χ0) is 12.7. The van der Waals surface area contributed by atoms with Crippen LogP contribution in [0.15, 0.2) is 18.2 Å². The Balaban J connectivity index is 1.75. The standard InChI is InChI=1S/C14H16BrClFN/c15-10-6-11-2-3-12(7-10)18(11)8-9-1-4-13(16)14(17)5-9/h1,4-5,10-12H,2-3,6-8H2. The first-order valence-corrected chi connectivity index (χ1v) is 7.76. The molecule has 0 spiro atoms. The van der Waals surface area contributed by atoms with Crippen molar-refractivity contribution in [2.24, 2.45) is 0 Å². The van der Waals surface area contributed by atoms with Gasteiger partial charge in [0.1, 0.15) is 5.82 Å². The topological polar surface area (TPSA) is 3.24 Å². The van der Waals surface area contributed by atoms with Gasteiger partial charge >= 0.3 is 0 Å². The molecule has 2 bridgehead atoms. The van der Waals surface area contributed by atoms with Gasteiger partial charge in [-0.3, -0.25) is 4.90 Å². The van der Waals surface area contributed by atoms with Crippen LogP contribution in [0.25, 0.3) is 0 Å². The van der Waals surface area contributed by atoms with Crippen LogP contribution in [-0.4, -0.2) is 21.8 Å². The van der Waals surface area contributed by atoms with Crippen LogP contribution in [0.5, 0.6) is 0 Å². The summed E-state index contributed by atoms with van der Waals surface area (Å²) in [7, 11) is 0. The molecule has 3 rings (SSSR count). The predicted molar refractivity (Wildman–Crippen MR) is 75.7 cm³/mol. The number of hydrogen-bond donors (Lipinski definition) is 0. The van der Waals surface area contributed by atoms with E-state index in [2.05, 4.69) is 20.8 Å². The lowest BCUT2D eigenvalue weighted by atomic mass is 10.0. The van der Waals surface area contributed by atoms with Gasteiger partial charge in [0.2, 0.25) is 0 Å². The molecule has 1 aromatic carbocycles. The number of rotatable bonds is 2. The molecule has 2 aliphatic rings. The molecular formula is C14H16BrClFN. The molecular weight excluding hydrogens is 317 g/mol. The summed E-state index contributed by atoms with van der Waals surface area (Å²) in [6.07, 6.45) is 4.99. The van der Waals surface area contributed by atoms with Crippen molar-refractivity contribution in [3.8, 4) is 0 Å². The number of alkyl halides is 1. The maximum Gasteiger partial charge on any atom is 0.142 e. The van der Waals surface area contributed by atoms with E-state index >= 15 is 0 Å². The van der Waals surface area contributed by atoms with Gasteiger partial charge in [-0.15, -0.1) is 0 Å². The first-order valence-electron chi connectivity index (χ1n) is 6.47. The third-order valence-electron chi connectivity index (χ3n) is 4.18. The van der Waals surface area contributed by atoms with E-state index in [4.69, 9.17) is 11.6 Å². The molecule has 1 nitrogen and oxygen atoms in total. The Hall–Kier alpha value is -0.120. The highest BCUT2D eigenvalue weighted by Gasteiger charge is 2.39. The zero-order valence-corrected chi connectivity index (χ0v) is 12.4. The van der Waals surface area contributed by atoms with Crippen molar-refractivity contribution in [2.45, 2.75) is 49.1 Å². The van der Waals surface area contributed by atoms with E-state index < -0.39 is 0 Å². The number of benzene rings is 1. The van der Waals surface area contributed by atoms with Crippen LogP contribution in [0.4, 0.5) is 4.39 Å². The van der Waals surface area contributed by atoms with Crippen molar-refractivity contribution in [1.29, 1.82) is 0 Å². The Morgan fingerprint density at radius 3 is 2.56 bits per heavy atom. The van der Waals surface area contributed by atoms with Crippen molar-refractivity contribution in [3.05, 3.63) is 34.6 Å². The highest BCUT2D eigenvalue weighted by molar-refractivity contribution is 9.09. The van der Waals surface area contributed by atoms with Crippen molar-refractivity contribution < 1.29 is 4.39 Å². The fraction of sp³-hybridized carbons (Fsp3) is 0.571. The molecule has 0 aliphatic carbocycles. The van der Waals surface area contributed by atoms with Crippen LogP contribution in [0.3, 0.4) is 0 Å². The molecule has 0 aromatic heterocycles. The minimum Gasteiger partial charge on any atom is -0.293 e. The van der Waals surface area contributed by atoms with Gasteiger partial charge in [-0.2, -0.15) is 0 Å². The molecule has 2 fully saturated rings. The summed E-state index contributed by atoms with van der Waals surface area (Å²) in [5, 5.41) is 0.209. The second kappa shape index (κ2) is 5.10. The molecule has 2 atom stereocenters. The maximum atomic E-state index is 13.4. The zero-order valence-electron chi connectivity index (χ0n) is 10.1. The van der Waals surface area contributed by atoms with Gasteiger partial charge in [0.05, 0.1) is 5.02 Å². The van der Waals surface area contributed by atoms with Crippen molar-refractivity contribution in [1.82, 2.24) is 4.90 Å². The summed E-state index contributed by atoms with van der Waals surface area (Å²) in [6.45, 7) is 0.850. The molecule has 2 aliphatic heterocycles. The van der Waals surface area contributed by atoms with E-state index in [-0.39, 0.29) is 10.8 Å². The van der Waals surface area contributed by atoms with E-state index in [1.807, 2.05) is 6.07 Å². The Morgan fingerprint density at radius 1 is 1.28 bits per heavy atom. The van der Waals surface area contributed by atoms with Crippen molar-refractivity contribution in [3.63, 3.8) is 0 Å². The second-order valence-corrected chi connectivity index (χ2v) is 7.08. The molecule has 2 saturated heterocycles. The molecule has 0 saturated carbocycles. The highest BCUT2D eigenvalue weighted by atomic mass is 79.9. The van der Waals surface area contributed by atoms with Gasteiger partial charge in [-0.25, -0.2) is 4.39 Å². The monoisotopic (exact) mass is 331 g/mol. The molecule has 2 heterocycles. The fourth-order valence-corrected chi connectivity index (χ4v) is 4.30. The maximum absolute atomic E-state index is 13.4. The SMILES string of the molecule is Fc1cc(CN2C3CCC2CC(Br)C3)ccc1Cl. The Bertz CT molecular complexity index is 439. The van der Waals surface area contributed by atoms with Gasteiger partial charge in [0.15, 0.2) is 0 Å². The number of fused-ring (bicyclic) bond motifs is 2. The van der Waals surface area contributed by atoms with Crippen molar-refractivity contribution >= 4 is 27.5 Å². The lowest BCUT2D eigenvalue weighted by molar-refractivity contribution is 0.137. The van der Waals surface area contributed by atoms with Gasteiger partial charge in [0.25, 0.3) is 0 Å². The smallest absolute Gasteiger partial charge is 0.142 e. The largest absolute Gasteiger partial charge is 0.293 e. The second-order valence-electron chi connectivity index (χ2n) is 5.37. The van der Waals surface area contributed by atoms with Gasteiger partial charge in [0, 0.05) is 23.5 Å². The summed E-state index contributed by atoms with van der Waals surface area (Å²) < 4.78 is 13.4. The van der Waals surface area contributed by atoms with Crippen LogP contribution in [0, 0.1) is 5.82 Å². The number of halogens is 3. The van der Waals surface area contributed by atoms with Gasteiger partial charge in [-0.1, -0.05) is 33.6 Å². The van der Waals surface area contributed by atoms with Crippen LogP contribution >= 0.6 is 27.5 Å². The van der Waals surface area contributed by atoms with E-state index in [0.29, 0.717) is 16.9 Å². The lowest BCUT2D eigenvalue weighted by Crippen LogP contribution is -2.42. The molecule has 2 unspecified atom stereocenters. The van der Waals surface area contributed by atoms with Gasteiger partial charge < -0.3 is 0 Å². The van der Waals surface area contributed by atoms with Crippen molar-refractivity contribution in [2.75, 3.05) is 0 Å². The first kappa shape index (κ1) is 12.9. The quantitative estimate of drug-likeness (QED) is 0.727. The molecule has 4 heteroatoms. The summed E-state index contributed by atoms with van der Waals surface area (Å²) in [6, 6.07) is 6.48. The van der Waals surface area contributed by atoms with E-state index in [1.165, 1.54) is 25.7 Å². The summed E-state index contributed by atoms with van der Waals surface area (Å²) >= 11 is 9.46. The van der Waals surface area contributed by atoms with Gasteiger partial charge in [-0.05, 0) is 43.4 Å². The number of hydrogen-bond acceptors (Lipinski definition) is 1. The molecule has 0 amide bonds. The molecule has 98 valence electrons. The average Bonchev–Trinajstić information content (AvgIpc) is 2.58. The Kier molecular flexibility index (Phi) is 3.65. The summed E-state index contributed by atoms with van der Waals surface area (Å²) in [5.74, 6) is -0.308. The number of piperidine rings is 1. The van der Waals surface area contributed by atoms with Crippen LogP contribution in [0.2, 0.25) is 5.02 Å². The first-order chi connectivity index (χ1) is 8.63. The molecule has 1 aromatic rings. The van der Waals surface area contributed by atoms with E-state index in [0.717, 1.165) is 12.1 Å². The Labute approximate surface area is 120 Å². The Morgan fingerprint density at radius 2 is 1.94 bits per heavy atom. The molecule has 0 N–H and O–H groups in total. The number of nitrogens with zero attached hydrogens (tertiary/aromatic N) is 1. The summed E-state index contributed by atoms with van der Waals surface area (Å²) in [5.41, 5.74) is 1.03. The lowest BCUT2D eigenvalue weighted by Gasteiger charge is -2.37. The minimum absolute atomic E-state index is 0.209. The third-order valence-corrected chi connectivity index (χ3v) is 5.23. The third kappa shape index (κ3) is 2.45. The van der Waals surface area contributed by atoms with Crippen LogP contribution in [0.1, 0.15) is 31.2 Å². The fourth-order valence-electron chi connectivity index (χ4n) is 3.31. The summed E-state index contributed by atoms with van der Waals surface area (Å²) in [4.78, 5) is 3.20.